The molecule has 1 aromatic heterocycles. The molecule has 0 bridgehead atoms. The van der Waals surface area contributed by atoms with Gasteiger partial charge in [-0.1, -0.05) is 31.9 Å². The zero-order valence-corrected chi connectivity index (χ0v) is 12.6. The highest BCUT2D eigenvalue weighted by Crippen LogP contribution is 2.28. The molecule has 2 aromatic rings. The predicted octanol–water partition coefficient (Wildman–Crippen LogP) is 4.97. The van der Waals surface area contributed by atoms with Gasteiger partial charge in [-0.05, 0) is 49.1 Å². The summed E-state index contributed by atoms with van der Waals surface area (Å²) < 4.78 is 0. The topological polar surface area (TPSA) is 24.9 Å². The average Bonchev–Trinajstić information content (AvgIpc) is 2.37. The van der Waals surface area contributed by atoms with Crippen LogP contribution in [0, 0.1) is 6.92 Å². The summed E-state index contributed by atoms with van der Waals surface area (Å²) in [5.74, 6) is 0.988. The van der Waals surface area contributed by atoms with Gasteiger partial charge in [0.2, 0.25) is 0 Å². The fourth-order valence-electron chi connectivity index (χ4n) is 2.29. The molecule has 0 unspecified atom stereocenters. The Kier molecular flexibility index (Phi) is 4.65. The number of halogens is 1. The van der Waals surface area contributed by atoms with Crippen LogP contribution in [0.5, 0.6) is 0 Å². The second kappa shape index (κ2) is 6.25. The van der Waals surface area contributed by atoms with Crippen molar-refractivity contribution in [2.75, 3.05) is 11.9 Å². The highest BCUT2D eigenvalue weighted by Gasteiger charge is 2.09. The van der Waals surface area contributed by atoms with Crippen molar-refractivity contribution in [1.82, 2.24) is 4.98 Å². The molecule has 0 saturated carbocycles. The van der Waals surface area contributed by atoms with Gasteiger partial charge >= 0.3 is 0 Å². The monoisotopic (exact) mass is 276 g/mol. The minimum absolute atomic E-state index is 0.734. The van der Waals surface area contributed by atoms with Crippen molar-refractivity contribution in [1.29, 1.82) is 0 Å². The molecule has 0 aliphatic rings. The minimum atomic E-state index is 0.734. The maximum absolute atomic E-state index is 6.31. The Morgan fingerprint density at radius 3 is 2.63 bits per heavy atom. The highest BCUT2D eigenvalue weighted by molar-refractivity contribution is 6.35. The van der Waals surface area contributed by atoms with Gasteiger partial charge in [-0.2, -0.15) is 0 Å². The smallest absolute Gasteiger partial charge is 0.129 e. The molecule has 1 heterocycles. The Morgan fingerprint density at radius 2 is 1.95 bits per heavy atom. The first-order chi connectivity index (χ1) is 9.15. The molecule has 1 N–H and O–H groups in total. The first-order valence-corrected chi connectivity index (χ1v) is 7.37. The summed E-state index contributed by atoms with van der Waals surface area (Å²) in [5.41, 5.74) is 3.35. The zero-order chi connectivity index (χ0) is 13.8. The molecule has 2 nitrogen and oxygen atoms in total. The molecule has 19 heavy (non-hydrogen) atoms. The molecule has 0 atom stereocenters. The van der Waals surface area contributed by atoms with Gasteiger partial charge in [0.1, 0.15) is 5.82 Å². The lowest BCUT2D eigenvalue weighted by Crippen LogP contribution is -2.06. The van der Waals surface area contributed by atoms with Gasteiger partial charge in [0.25, 0.3) is 0 Å². The van der Waals surface area contributed by atoms with E-state index in [4.69, 9.17) is 16.6 Å². The molecular formula is C16H21ClN2. The van der Waals surface area contributed by atoms with Crippen LogP contribution in [0.3, 0.4) is 0 Å². The lowest BCUT2D eigenvalue weighted by atomic mass is 10.1. The van der Waals surface area contributed by atoms with E-state index in [0.29, 0.717) is 0 Å². The van der Waals surface area contributed by atoms with E-state index in [-0.39, 0.29) is 0 Å². The summed E-state index contributed by atoms with van der Waals surface area (Å²) in [5, 5.41) is 5.28. The third-order valence-electron chi connectivity index (χ3n) is 3.16. The number of anilines is 1. The number of nitrogens with one attached hydrogen (secondary N) is 1. The van der Waals surface area contributed by atoms with E-state index in [1.165, 1.54) is 11.1 Å². The van der Waals surface area contributed by atoms with Crippen molar-refractivity contribution >= 4 is 28.3 Å². The van der Waals surface area contributed by atoms with Crippen LogP contribution < -0.4 is 5.32 Å². The van der Waals surface area contributed by atoms with Gasteiger partial charge in [0.05, 0.1) is 10.5 Å². The molecule has 3 heteroatoms. The summed E-state index contributed by atoms with van der Waals surface area (Å²) in [6, 6.07) is 6.35. The van der Waals surface area contributed by atoms with Crippen molar-refractivity contribution < 1.29 is 0 Å². The summed E-state index contributed by atoms with van der Waals surface area (Å²) in [4.78, 5) is 4.73. The van der Waals surface area contributed by atoms with Crippen molar-refractivity contribution in [3.63, 3.8) is 0 Å². The zero-order valence-electron chi connectivity index (χ0n) is 11.9. The van der Waals surface area contributed by atoms with Gasteiger partial charge < -0.3 is 5.32 Å². The molecule has 2 rings (SSSR count). The molecule has 0 amide bonds. The number of pyridine rings is 1. The summed E-state index contributed by atoms with van der Waals surface area (Å²) >= 11 is 6.31. The number of fused-ring (bicyclic) bond motifs is 1. The van der Waals surface area contributed by atoms with Crippen LogP contribution >= 0.6 is 11.6 Å². The highest BCUT2D eigenvalue weighted by atomic mass is 35.5. The van der Waals surface area contributed by atoms with Gasteiger partial charge in [-0.3, -0.25) is 0 Å². The fourth-order valence-corrected chi connectivity index (χ4v) is 2.61. The van der Waals surface area contributed by atoms with E-state index < -0.39 is 0 Å². The average molecular weight is 277 g/mol. The van der Waals surface area contributed by atoms with Crippen LogP contribution in [-0.4, -0.2) is 11.5 Å². The van der Waals surface area contributed by atoms with Crippen LogP contribution in [0.1, 0.15) is 37.8 Å². The van der Waals surface area contributed by atoms with E-state index >= 15 is 0 Å². The number of aromatic nitrogens is 1. The van der Waals surface area contributed by atoms with Gasteiger partial charge in [0, 0.05) is 11.9 Å². The number of rotatable bonds is 5. The molecule has 102 valence electrons. The SMILES string of the molecule is CCCNc1nc2c(Cl)cc(C)cc2cc1CCC. The van der Waals surface area contributed by atoms with Crippen LogP contribution in [0.25, 0.3) is 10.9 Å². The van der Waals surface area contributed by atoms with Crippen LogP contribution in [0.4, 0.5) is 5.82 Å². The van der Waals surface area contributed by atoms with Crippen LogP contribution in [0.2, 0.25) is 5.02 Å². The second-order valence-electron chi connectivity index (χ2n) is 4.99. The largest absolute Gasteiger partial charge is 0.370 e. The maximum atomic E-state index is 6.31. The standard InChI is InChI=1S/C16H21ClN2/c1-4-6-12-10-13-8-11(3)9-14(17)15(13)19-16(12)18-7-5-2/h8-10H,4-7H2,1-3H3,(H,18,19). The molecular weight excluding hydrogens is 256 g/mol. The molecule has 0 radical (unpaired) electrons. The summed E-state index contributed by atoms with van der Waals surface area (Å²) in [7, 11) is 0. The maximum Gasteiger partial charge on any atom is 0.129 e. The van der Waals surface area contributed by atoms with E-state index in [1.807, 2.05) is 6.07 Å². The van der Waals surface area contributed by atoms with E-state index in [2.05, 4.69) is 38.2 Å². The number of nitrogens with zero attached hydrogens (tertiary/aromatic N) is 1. The fraction of sp³-hybridized carbons (Fsp3) is 0.438. The van der Waals surface area contributed by atoms with Crippen LogP contribution in [-0.2, 0) is 6.42 Å². The Bertz CT molecular complexity index is 578. The lowest BCUT2D eigenvalue weighted by molar-refractivity contribution is 0.906. The number of benzene rings is 1. The van der Waals surface area contributed by atoms with Gasteiger partial charge in [-0.25, -0.2) is 4.98 Å². The van der Waals surface area contributed by atoms with Crippen molar-refractivity contribution in [3.05, 3.63) is 34.3 Å². The molecule has 0 aliphatic heterocycles. The van der Waals surface area contributed by atoms with Crippen molar-refractivity contribution in [3.8, 4) is 0 Å². The van der Waals surface area contributed by atoms with E-state index in [0.717, 1.165) is 47.6 Å². The van der Waals surface area contributed by atoms with Gasteiger partial charge in [-0.15, -0.1) is 0 Å². The van der Waals surface area contributed by atoms with Crippen molar-refractivity contribution in [2.24, 2.45) is 0 Å². The second-order valence-corrected chi connectivity index (χ2v) is 5.40. The Hall–Kier alpha value is -1.28. The Morgan fingerprint density at radius 1 is 1.16 bits per heavy atom. The Labute approximate surface area is 120 Å². The molecule has 0 aliphatic carbocycles. The quantitative estimate of drug-likeness (QED) is 0.834. The Balaban J connectivity index is 2.55. The first kappa shape index (κ1) is 14.1. The number of hydrogen-bond acceptors (Lipinski definition) is 2. The molecule has 1 aromatic carbocycles. The summed E-state index contributed by atoms with van der Waals surface area (Å²) in [6.45, 7) is 7.35. The predicted molar refractivity (Wildman–Crippen MR) is 84.3 cm³/mol. The lowest BCUT2D eigenvalue weighted by Gasteiger charge is -2.13. The third kappa shape index (κ3) is 3.19. The molecule has 0 spiro atoms. The third-order valence-corrected chi connectivity index (χ3v) is 3.44. The minimum Gasteiger partial charge on any atom is -0.370 e. The molecule has 0 fully saturated rings. The van der Waals surface area contributed by atoms with Crippen molar-refractivity contribution in [2.45, 2.75) is 40.0 Å². The summed E-state index contributed by atoms with van der Waals surface area (Å²) in [6.07, 6.45) is 3.25. The molecule has 0 saturated heterocycles. The van der Waals surface area contributed by atoms with Crippen LogP contribution in [0.15, 0.2) is 18.2 Å². The van der Waals surface area contributed by atoms with E-state index in [9.17, 15) is 0 Å². The van der Waals surface area contributed by atoms with Gasteiger partial charge in [0.15, 0.2) is 0 Å². The first-order valence-electron chi connectivity index (χ1n) is 6.99. The van der Waals surface area contributed by atoms with E-state index in [1.54, 1.807) is 0 Å². The normalized spacial score (nSPS) is 10.9. The number of aryl methyl sites for hydroxylation is 2. The number of hydrogen-bond donors (Lipinski definition) is 1.